The molecular weight excluding hydrogens is 490 g/mol. The Morgan fingerprint density at radius 1 is 0.750 bits per heavy atom. The molecule has 1 aliphatic heterocycles. The predicted molar refractivity (Wildman–Crippen MR) is 168 cm³/mol. The van der Waals surface area contributed by atoms with Crippen LogP contribution in [0.2, 0.25) is 0 Å². The minimum atomic E-state index is 0.601. The van der Waals surface area contributed by atoms with Gasteiger partial charge in [-0.15, -0.1) is 0 Å². The van der Waals surface area contributed by atoms with Crippen molar-refractivity contribution in [3.05, 3.63) is 60.2 Å². The van der Waals surface area contributed by atoms with Gasteiger partial charge < -0.3 is 4.90 Å². The quantitative estimate of drug-likeness (QED) is 0.255. The van der Waals surface area contributed by atoms with E-state index in [0.29, 0.717) is 5.92 Å². The van der Waals surface area contributed by atoms with E-state index < -0.39 is 0 Å². The molecule has 0 bridgehead atoms. The lowest BCUT2D eigenvalue weighted by molar-refractivity contribution is 0.327. The highest BCUT2D eigenvalue weighted by Gasteiger charge is 2.18. The summed E-state index contributed by atoms with van der Waals surface area (Å²) in [7, 11) is 2.24. The average molecular weight is 540 g/mol. The zero-order valence-corrected chi connectivity index (χ0v) is 25.1. The van der Waals surface area contributed by atoms with Gasteiger partial charge in [0.05, 0.1) is 11.7 Å². The monoisotopic (exact) mass is 539 g/mol. The van der Waals surface area contributed by atoms with Gasteiger partial charge in [-0.05, 0) is 87.3 Å². The molecule has 2 fully saturated rings. The van der Waals surface area contributed by atoms with Crippen LogP contribution in [-0.4, -0.2) is 44.6 Å². The van der Waals surface area contributed by atoms with Crippen LogP contribution in [0.25, 0.3) is 27.7 Å². The van der Waals surface area contributed by atoms with Crippen LogP contribution in [0.3, 0.4) is 0 Å². The number of pyridine rings is 1. The molecule has 4 aromatic rings. The Bertz CT molecular complexity index is 1350. The number of nitrogens with zero attached hydrogens (tertiary/aromatic N) is 5. The van der Waals surface area contributed by atoms with Crippen LogP contribution in [-0.2, 0) is 0 Å². The molecule has 5 nitrogen and oxygen atoms in total. The molecule has 1 saturated carbocycles. The Labute approximate surface area is 241 Å². The van der Waals surface area contributed by atoms with Gasteiger partial charge in [0.2, 0.25) is 0 Å². The van der Waals surface area contributed by atoms with Gasteiger partial charge in [-0.25, -0.2) is 9.50 Å². The van der Waals surface area contributed by atoms with Crippen molar-refractivity contribution in [1.82, 2.24) is 24.5 Å². The van der Waals surface area contributed by atoms with Gasteiger partial charge in [0.1, 0.15) is 0 Å². The molecule has 4 heterocycles. The van der Waals surface area contributed by atoms with E-state index in [4.69, 9.17) is 4.98 Å². The van der Waals surface area contributed by atoms with Gasteiger partial charge in [-0.3, -0.25) is 4.98 Å². The second-order valence-electron chi connectivity index (χ2n) is 12.5. The Balaban J connectivity index is 0.000000274. The van der Waals surface area contributed by atoms with Crippen LogP contribution in [0.5, 0.6) is 0 Å². The molecule has 1 aromatic carbocycles. The first kappa shape index (κ1) is 28.7. The van der Waals surface area contributed by atoms with Crippen molar-refractivity contribution < 1.29 is 0 Å². The van der Waals surface area contributed by atoms with Gasteiger partial charge in [0.25, 0.3) is 0 Å². The standard InChI is InChI=1S/C26H30N4.C9H19N/c1-18-7-3-4-10-20(11-5-8-18)21-15-28-26-24(16-29-30(26)17-21)22-13-14-27-25-19(2)9-6-12-23(22)25;1-10-8-6-4-2-3-5-7-9-10/h6,9,12-18,20H,3-5,7-8,10-11H2,1-2H3;2-9H2,1H3. The first-order chi connectivity index (χ1) is 19.6. The zero-order chi connectivity index (χ0) is 27.7. The fraction of sp³-hybridized carbons (Fsp3) is 0.571. The van der Waals surface area contributed by atoms with E-state index in [1.54, 1.807) is 0 Å². The van der Waals surface area contributed by atoms with Gasteiger partial charge in [-0.1, -0.05) is 82.9 Å². The van der Waals surface area contributed by atoms with Gasteiger partial charge in [0, 0.05) is 29.5 Å². The molecule has 5 heteroatoms. The Morgan fingerprint density at radius 2 is 1.48 bits per heavy atom. The average Bonchev–Trinajstić information content (AvgIpc) is 3.46. The van der Waals surface area contributed by atoms with Gasteiger partial charge in [-0.2, -0.15) is 5.10 Å². The normalized spacial score (nSPS) is 21.8. The number of benzene rings is 1. The summed E-state index contributed by atoms with van der Waals surface area (Å²) in [5.41, 5.74) is 6.71. The van der Waals surface area contributed by atoms with Gasteiger partial charge in [0.15, 0.2) is 5.65 Å². The molecule has 40 heavy (non-hydrogen) atoms. The Kier molecular flexibility index (Phi) is 10.2. The topological polar surface area (TPSA) is 46.3 Å². The highest BCUT2D eigenvalue weighted by Crippen LogP contribution is 2.34. The van der Waals surface area contributed by atoms with Crippen LogP contribution in [0, 0.1) is 12.8 Å². The molecule has 0 amide bonds. The summed E-state index contributed by atoms with van der Waals surface area (Å²) < 4.78 is 1.97. The molecular formula is C35H49N5. The lowest BCUT2D eigenvalue weighted by Crippen LogP contribution is -2.20. The molecule has 2 atom stereocenters. The second-order valence-corrected chi connectivity index (χ2v) is 12.5. The molecule has 0 N–H and O–H groups in total. The van der Waals surface area contributed by atoms with E-state index >= 15 is 0 Å². The molecule has 1 aliphatic carbocycles. The largest absolute Gasteiger partial charge is 0.306 e. The maximum absolute atomic E-state index is 4.89. The number of hydrogen-bond donors (Lipinski definition) is 0. The van der Waals surface area contributed by atoms with Crippen molar-refractivity contribution >= 4 is 16.6 Å². The van der Waals surface area contributed by atoms with E-state index in [1.807, 2.05) is 16.9 Å². The van der Waals surface area contributed by atoms with Crippen LogP contribution >= 0.6 is 0 Å². The third kappa shape index (κ3) is 7.28. The minimum Gasteiger partial charge on any atom is -0.306 e. The maximum atomic E-state index is 4.89. The summed E-state index contributed by atoms with van der Waals surface area (Å²) in [5.74, 6) is 1.47. The minimum absolute atomic E-state index is 0.601. The molecule has 1 saturated heterocycles. The van der Waals surface area contributed by atoms with Crippen molar-refractivity contribution in [3.8, 4) is 11.1 Å². The summed E-state index contributed by atoms with van der Waals surface area (Å²) in [6.45, 7) is 7.15. The van der Waals surface area contributed by atoms with Crippen LogP contribution in [0.15, 0.2) is 49.1 Å². The van der Waals surface area contributed by atoms with E-state index in [1.165, 1.54) is 108 Å². The number of hydrogen-bond acceptors (Lipinski definition) is 4. The summed E-state index contributed by atoms with van der Waals surface area (Å²) in [6, 6.07) is 8.42. The van der Waals surface area contributed by atoms with Crippen molar-refractivity contribution in [2.24, 2.45) is 5.92 Å². The Morgan fingerprint density at radius 3 is 2.30 bits per heavy atom. The molecule has 3 aromatic heterocycles. The third-order valence-corrected chi connectivity index (χ3v) is 9.19. The zero-order valence-electron chi connectivity index (χ0n) is 25.1. The number of fused-ring (bicyclic) bond motifs is 2. The number of aromatic nitrogens is 4. The first-order valence-corrected chi connectivity index (χ1v) is 16.0. The highest BCUT2D eigenvalue weighted by atomic mass is 15.2. The molecule has 2 aliphatic rings. The number of aryl methyl sites for hydroxylation is 1. The van der Waals surface area contributed by atoms with E-state index in [2.05, 4.69) is 72.5 Å². The van der Waals surface area contributed by atoms with E-state index in [-0.39, 0.29) is 0 Å². The van der Waals surface area contributed by atoms with Crippen molar-refractivity contribution in [3.63, 3.8) is 0 Å². The van der Waals surface area contributed by atoms with Crippen molar-refractivity contribution in [1.29, 1.82) is 0 Å². The summed E-state index contributed by atoms with van der Waals surface area (Å²) >= 11 is 0. The summed E-state index contributed by atoms with van der Waals surface area (Å²) in [5, 5.41) is 5.84. The smallest absolute Gasteiger partial charge is 0.162 e. The lowest BCUT2D eigenvalue weighted by atomic mass is 9.91. The highest BCUT2D eigenvalue weighted by molar-refractivity contribution is 5.98. The summed E-state index contributed by atoms with van der Waals surface area (Å²) in [4.78, 5) is 11.9. The van der Waals surface area contributed by atoms with Crippen molar-refractivity contribution in [2.45, 2.75) is 103 Å². The van der Waals surface area contributed by atoms with E-state index in [9.17, 15) is 0 Å². The molecule has 2 unspecified atom stereocenters. The maximum Gasteiger partial charge on any atom is 0.162 e. The molecule has 0 radical (unpaired) electrons. The number of rotatable bonds is 2. The molecule has 0 spiro atoms. The fourth-order valence-electron chi connectivity index (χ4n) is 6.65. The van der Waals surface area contributed by atoms with E-state index in [0.717, 1.165) is 33.6 Å². The Hall–Kier alpha value is -2.79. The van der Waals surface area contributed by atoms with Crippen LogP contribution in [0.1, 0.15) is 107 Å². The van der Waals surface area contributed by atoms with Crippen LogP contribution in [0.4, 0.5) is 0 Å². The molecule has 214 valence electrons. The predicted octanol–water partition coefficient (Wildman–Crippen LogP) is 8.99. The first-order valence-electron chi connectivity index (χ1n) is 16.0. The SMILES string of the molecule is CN1CCCCCCCC1.Cc1cccc2c(-c3cnn4cc(C5CCCCC(C)CCC5)cnc34)ccnc12. The fourth-order valence-corrected chi connectivity index (χ4v) is 6.65. The van der Waals surface area contributed by atoms with Crippen molar-refractivity contribution in [2.75, 3.05) is 20.1 Å². The number of para-hydroxylation sites is 1. The van der Waals surface area contributed by atoms with Gasteiger partial charge >= 0.3 is 0 Å². The lowest BCUT2D eigenvalue weighted by Gasteiger charge is -2.16. The summed E-state index contributed by atoms with van der Waals surface area (Å²) in [6.07, 6.45) is 26.1. The second kappa shape index (κ2) is 14.2. The molecule has 6 rings (SSSR count). The third-order valence-electron chi connectivity index (χ3n) is 9.19. The van der Waals surface area contributed by atoms with Crippen LogP contribution < -0.4 is 0 Å².